The third-order valence-electron chi connectivity index (χ3n) is 5.69. The standard InChI is InChI=1S/C25H21N5O2S4/c1-14-8-9-17(12-16(14)3)29-21-20(36-25(29)33)22(32)30(18-7-5-4-6-15(18)2)24(28-21)35-13-19(31)27-23-26-10-11-34-23/h4-12H,13H2,1-3H3,(H,26,27,31). The number of thiazole rings is 2. The van der Waals surface area contributed by atoms with Crippen molar-refractivity contribution in [3.8, 4) is 11.4 Å². The maximum Gasteiger partial charge on any atom is 0.278 e. The summed E-state index contributed by atoms with van der Waals surface area (Å²) in [6.07, 6.45) is 1.63. The Morgan fingerprint density at radius 1 is 1.08 bits per heavy atom. The van der Waals surface area contributed by atoms with Gasteiger partial charge in [0.1, 0.15) is 4.70 Å². The summed E-state index contributed by atoms with van der Waals surface area (Å²) in [7, 11) is 0. The van der Waals surface area contributed by atoms with E-state index in [2.05, 4.69) is 17.2 Å². The van der Waals surface area contributed by atoms with E-state index < -0.39 is 0 Å². The van der Waals surface area contributed by atoms with Crippen LogP contribution in [0.25, 0.3) is 21.7 Å². The maximum atomic E-state index is 13.9. The monoisotopic (exact) mass is 551 g/mol. The van der Waals surface area contributed by atoms with E-state index in [1.807, 2.05) is 60.9 Å². The molecule has 0 saturated carbocycles. The molecule has 0 aliphatic rings. The van der Waals surface area contributed by atoms with Crippen LogP contribution >= 0.6 is 46.7 Å². The van der Waals surface area contributed by atoms with Crippen LogP contribution in [0.4, 0.5) is 5.13 Å². The number of amides is 1. The van der Waals surface area contributed by atoms with Crippen LogP contribution in [-0.4, -0.2) is 30.8 Å². The van der Waals surface area contributed by atoms with E-state index in [0.29, 0.717) is 24.6 Å². The Bertz CT molecular complexity index is 1720. The molecule has 1 N–H and O–H groups in total. The SMILES string of the molecule is Cc1ccc(-n2c(=S)sc3c(=O)n(-c4ccccc4C)c(SCC(=O)Nc4nccs4)nc32)cc1C. The van der Waals surface area contributed by atoms with Gasteiger partial charge < -0.3 is 5.32 Å². The van der Waals surface area contributed by atoms with Gasteiger partial charge in [-0.3, -0.25) is 18.7 Å². The summed E-state index contributed by atoms with van der Waals surface area (Å²) in [5, 5.41) is 5.52. The first-order valence-corrected chi connectivity index (χ1v) is 14.1. The number of aromatic nitrogens is 4. The molecule has 0 aliphatic heterocycles. The number of thioether (sulfide) groups is 1. The second-order valence-electron chi connectivity index (χ2n) is 8.12. The summed E-state index contributed by atoms with van der Waals surface area (Å²) in [6, 6.07) is 13.7. The highest BCUT2D eigenvalue weighted by Crippen LogP contribution is 2.29. The van der Waals surface area contributed by atoms with Gasteiger partial charge in [-0.05, 0) is 67.9 Å². The fourth-order valence-electron chi connectivity index (χ4n) is 3.72. The van der Waals surface area contributed by atoms with E-state index in [1.54, 1.807) is 16.1 Å². The molecule has 0 spiro atoms. The van der Waals surface area contributed by atoms with E-state index in [1.165, 1.54) is 40.0 Å². The van der Waals surface area contributed by atoms with Crippen LogP contribution in [0.3, 0.4) is 0 Å². The zero-order valence-corrected chi connectivity index (χ0v) is 22.9. The minimum Gasteiger partial charge on any atom is -0.301 e. The Labute approximate surface area is 224 Å². The van der Waals surface area contributed by atoms with Crippen molar-refractivity contribution < 1.29 is 4.79 Å². The zero-order chi connectivity index (χ0) is 25.4. The number of fused-ring (bicyclic) bond motifs is 1. The minimum absolute atomic E-state index is 0.0674. The number of hydrogen-bond donors (Lipinski definition) is 1. The van der Waals surface area contributed by atoms with Crippen LogP contribution in [0.5, 0.6) is 0 Å². The van der Waals surface area contributed by atoms with Gasteiger partial charge in [-0.1, -0.05) is 47.4 Å². The molecule has 0 saturated heterocycles. The summed E-state index contributed by atoms with van der Waals surface area (Å²) in [4.78, 5) is 35.5. The lowest BCUT2D eigenvalue weighted by molar-refractivity contribution is -0.113. The number of para-hydroxylation sites is 1. The van der Waals surface area contributed by atoms with Crippen LogP contribution in [0, 0.1) is 24.7 Å². The molecule has 2 aromatic carbocycles. The second-order valence-corrected chi connectivity index (χ2v) is 11.6. The molecule has 0 fully saturated rings. The quantitative estimate of drug-likeness (QED) is 0.156. The largest absolute Gasteiger partial charge is 0.301 e. The number of hydrogen-bond acceptors (Lipinski definition) is 8. The lowest BCUT2D eigenvalue weighted by Crippen LogP contribution is -2.23. The van der Waals surface area contributed by atoms with Gasteiger partial charge in [0.05, 0.1) is 11.4 Å². The van der Waals surface area contributed by atoms with Crippen molar-refractivity contribution >= 4 is 68.0 Å². The minimum atomic E-state index is -0.225. The van der Waals surface area contributed by atoms with Crippen molar-refractivity contribution in [2.75, 3.05) is 11.1 Å². The molecule has 0 bridgehead atoms. The molecule has 3 heterocycles. The number of anilines is 1. The molecular weight excluding hydrogens is 531 g/mol. The Balaban J connectivity index is 1.66. The number of rotatable bonds is 6. The third kappa shape index (κ3) is 4.66. The van der Waals surface area contributed by atoms with Gasteiger partial charge >= 0.3 is 0 Å². The number of aryl methyl sites for hydroxylation is 3. The normalized spacial score (nSPS) is 11.2. The van der Waals surface area contributed by atoms with Gasteiger partial charge in [0, 0.05) is 17.3 Å². The topological polar surface area (TPSA) is 81.8 Å². The molecule has 0 radical (unpaired) electrons. The fraction of sp³-hybridized carbons (Fsp3) is 0.160. The zero-order valence-electron chi connectivity index (χ0n) is 19.6. The van der Waals surface area contributed by atoms with Crippen molar-refractivity contribution in [3.63, 3.8) is 0 Å². The lowest BCUT2D eigenvalue weighted by Gasteiger charge is -2.15. The highest BCUT2D eigenvalue weighted by atomic mass is 32.2. The highest BCUT2D eigenvalue weighted by Gasteiger charge is 2.21. The molecule has 3 aromatic heterocycles. The Morgan fingerprint density at radius 3 is 2.61 bits per heavy atom. The van der Waals surface area contributed by atoms with E-state index in [-0.39, 0.29) is 17.2 Å². The van der Waals surface area contributed by atoms with Gasteiger partial charge in [-0.15, -0.1) is 11.3 Å². The van der Waals surface area contributed by atoms with Crippen molar-refractivity contribution in [1.82, 2.24) is 19.1 Å². The Hall–Kier alpha value is -3.12. The number of carbonyl (C=O) groups excluding carboxylic acids is 1. The summed E-state index contributed by atoms with van der Waals surface area (Å²) in [5.74, 6) is -0.158. The van der Waals surface area contributed by atoms with Gasteiger partial charge in [-0.2, -0.15) is 0 Å². The summed E-state index contributed by atoms with van der Waals surface area (Å²) >= 11 is 9.48. The molecule has 0 atom stereocenters. The number of carbonyl (C=O) groups is 1. The fourth-order valence-corrected chi connectivity index (χ4v) is 6.37. The third-order valence-corrected chi connectivity index (χ3v) is 8.67. The van der Waals surface area contributed by atoms with Gasteiger partial charge in [-0.25, -0.2) is 9.97 Å². The molecule has 182 valence electrons. The molecule has 5 rings (SSSR count). The van der Waals surface area contributed by atoms with Gasteiger partial charge in [0.2, 0.25) is 5.91 Å². The summed E-state index contributed by atoms with van der Waals surface area (Å²) < 4.78 is 4.43. The predicted molar refractivity (Wildman–Crippen MR) is 151 cm³/mol. The smallest absolute Gasteiger partial charge is 0.278 e. The van der Waals surface area contributed by atoms with E-state index in [4.69, 9.17) is 17.2 Å². The van der Waals surface area contributed by atoms with Gasteiger partial charge in [0.15, 0.2) is 19.9 Å². The summed E-state index contributed by atoms with van der Waals surface area (Å²) in [6.45, 7) is 6.03. The van der Waals surface area contributed by atoms with Crippen molar-refractivity contribution in [1.29, 1.82) is 0 Å². The number of benzene rings is 2. The molecular formula is C25H21N5O2S4. The molecule has 0 unspecified atom stereocenters. The lowest BCUT2D eigenvalue weighted by atomic mass is 10.1. The van der Waals surface area contributed by atoms with Crippen LogP contribution in [0.2, 0.25) is 0 Å². The molecule has 1 amide bonds. The Morgan fingerprint density at radius 2 is 1.89 bits per heavy atom. The second kappa shape index (κ2) is 10.1. The van der Waals surface area contributed by atoms with E-state index >= 15 is 0 Å². The van der Waals surface area contributed by atoms with E-state index in [9.17, 15) is 9.59 Å². The van der Waals surface area contributed by atoms with E-state index in [0.717, 1.165) is 22.5 Å². The summed E-state index contributed by atoms with van der Waals surface area (Å²) in [5.41, 5.74) is 5.07. The van der Waals surface area contributed by atoms with Crippen LogP contribution in [0.1, 0.15) is 16.7 Å². The predicted octanol–water partition coefficient (Wildman–Crippen LogP) is 6.08. The first-order chi connectivity index (χ1) is 17.3. The molecule has 7 nitrogen and oxygen atoms in total. The van der Waals surface area contributed by atoms with Crippen LogP contribution in [0.15, 0.2) is 64.0 Å². The van der Waals surface area contributed by atoms with Crippen LogP contribution in [-0.2, 0) is 4.79 Å². The maximum absolute atomic E-state index is 13.9. The van der Waals surface area contributed by atoms with Crippen molar-refractivity contribution in [3.05, 3.63) is 85.0 Å². The molecule has 0 aliphatic carbocycles. The van der Waals surface area contributed by atoms with Crippen molar-refractivity contribution in [2.24, 2.45) is 0 Å². The van der Waals surface area contributed by atoms with Gasteiger partial charge in [0.25, 0.3) is 5.56 Å². The first kappa shape index (κ1) is 24.6. The Kier molecular flexibility index (Phi) is 6.89. The average Bonchev–Trinajstić information content (AvgIpc) is 3.48. The number of nitrogens with one attached hydrogen (secondary N) is 1. The highest BCUT2D eigenvalue weighted by molar-refractivity contribution is 7.99. The average molecular weight is 552 g/mol. The van der Waals surface area contributed by atoms with Crippen molar-refractivity contribution in [2.45, 2.75) is 25.9 Å². The van der Waals surface area contributed by atoms with Crippen LogP contribution < -0.4 is 10.9 Å². The number of nitrogens with zero attached hydrogens (tertiary/aromatic N) is 4. The molecule has 11 heteroatoms. The first-order valence-electron chi connectivity index (χ1n) is 11.0. The molecule has 36 heavy (non-hydrogen) atoms. The molecule has 5 aromatic rings.